The maximum atomic E-state index is 12.4. The predicted octanol–water partition coefficient (Wildman–Crippen LogP) is 2.77. The molecule has 0 saturated heterocycles. The molecule has 7 nitrogen and oxygen atoms in total. The number of aryl methyl sites for hydroxylation is 1. The van der Waals surface area contributed by atoms with Crippen molar-refractivity contribution in [2.24, 2.45) is 0 Å². The molecule has 0 saturated carbocycles. The lowest BCUT2D eigenvalue weighted by Gasteiger charge is -2.09. The average molecular weight is 377 g/mol. The Balaban J connectivity index is 1.56. The first-order valence-electron chi connectivity index (χ1n) is 9.03. The van der Waals surface area contributed by atoms with Crippen LogP contribution in [0.25, 0.3) is 0 Å². The first-order valence-corrected chi connectivity index (χ1v) is 9.03. The zero-order valence-electron chi connectivity index (χ0n) is 16.0. The monoisotopic (exact) mass is 377 g/mol. The van der Waals surface area contributed by atoms with E-state index in [0.717, 1.165) is 23.4 Å². The summed E-state index contributed by atoms with van der Waals surface area (Å²) in [6.45, 7) is 2.90. The highest BCUT2D eigenvalue weighted by atomic mass is 16.5. The largest absolute Gasteiger partial charge is 0.497 e. The van der Waals surface area contributed by atoms with Crippen molar-refractivity contribution >= 4 is 11.9 Å². The number of anilines is 1. The van der Waals surface area contributed by atoms with E-state index in [1.165, 1.54) is 5.56 Å². The van der Waals surface area contributed by atoms with Crippen molar-refractivity contribution in [2.45, 2.75) is 19.9 Å². The second-order valence-corrected chi connectivity index (χ2v) is 6.29. The average Bonchev–Trinajstić information content (AvgIpc) is 2.73. The normalized spacial score (nSPS) is 10.4. The van der Waals surface area contributed by atoms with Crippen LogP contribution in [-0.4, -0.2) is 34.5 Å². The van der Waals surface area contributed by atoms with Crippen molar-refractivity contribution in [2.75, 3.05) is 19.0 Å². The SMILES string of the molecule is COc1ccc(CCNc2nc(C)cc(C(=O)NCc3cccnc3)n2)cc1. The van der Waals surface area contributed by atoms with Crippen LogP contribution in [0.15, 0.2) is 54.9 Å². The van der Waals surface area contributed by atoms with E-state index in [1.807, 2.05) is 43.3 Å². The van der Waals surface area contributed by atoms with Gasteiger partial charge in [-0.2, -0.15) is 0 Å². The number of pyridine rings is 1. The number of hydrogen-bond donors (Lipinski definition) is 2. The van der Waals surface area contributed by atoms with Gasteiger partial charge in [-0.3, -0.25) is 9.78 Å². The van der Waals surface area contributed by atoms with Gasteiger partial charge in [0.1, 0.15) is 11.4 Å². The lowest BCUT2D eigenvalue weighted by atomic mass is 10.1. The Morgan fingerprint density at radius 3 is 2.64 bits per heavy atom. The molecule has 2 aromatic heterocycles. The summed E-state index contributed by atoms with van der Waals surface area (Å²) in [6.07, 6.45) is 4.23. The van der Waals surface area contributed by atoms with Gasteiger partial charge < -0.3 is 15.4 Å². The Bertz CT molecular complexity index is 914. The quantitative estimate of drug-likeness (QED) is 0.627. The lowest BCUT2D eigenvalue weighted by molar-refractivity contribution is 0.0945. The predicted molar refractivity (Wildman–Crippen MR) is 107 cm³/mol. The lowest BCUT2D eigenvalue weighted by Crippen LogP contribution is -2.24. The number of carbonyl (C=O) groups is 1. The number of amides is 1. The molecule has 3 aromatic rings. The number of hydrogen-bond acceptors (Lipinski definition) is 6. The molecule has 0 bridgehead atoms. The molecule has 0 atom stereocenters. The number of nitrogens with one attached hydrogen (secondary N) is 2. The van der Waals surface area contributed by atoms with Crippen molar-refractivity contribution in [1.82, 2.24) is 20.3 Å². The van der Waals surface area contributed by atoms with Gasteiger partial charge in [0.15, 0.2) is 0 Å². The fraction of sp³-hybridized carbons (Fsp3) is 0.238. The van der Waals surface area contributed by atoms with Crippen molar-refractivity contribution in [3.8, 4) is 5.75 Å². The van der Waals surface area contributed by atoms with Gasteiger partial charge in [0.2, 0.25) is 5.95 Å². The summed E-state index contributed by atoms with van der Waals surface area (Å²) in [5, 5.41) is 6.04. The minimum absolute atomic E-state index is 0.243. The van der Waals surface area contributed by atoms with E-state index >= 15 is 0 Å². The van der Waals surface area contributed by atoms with Crippen LogP contribution in [0.5, 0.6) is 5.75 Å². The first kappa shape index (κ1) is 19.3. The number of ether oxygens (including phenoxy) is 1. The zero-order chi connectivity index (χ0) is 19.8. The molecule has 0 fully saturated rings. The summed E-state index contributed by atoms with van der Waals surface area (Å²) in [6, 6.07) is 13.3. The minimum atomic E-state index is -0.243. The third kappa shape index (κ3) is 5.51. The fourth-order valence-corrected chi connectivity index (χ4v) is 2.65. The van der Waals surface area contributed by atoms with E-state index in [4.69, 9.17) is 4.74 Å². The van der Waals surface area contributed by atoms with Gasteiger partial charge in [-0.05, 0) is 48.7 Å². The summed E-state index contributed by atoms with van der Waals surface area (Å²) < 4.78 is 5.16. The molecule has 1 aromatic carbocycles. The fourth-order valence-electron chi connectivity index (χ4n) is 2.65. The number of carbonyl (C=O) groups excluding carboxylic acids is 1. The molecule has 0 radical (unpaired) electrons. The summed E-state index contributed by atoms with van der Waals surface area (Å²) >= 11 is 0. The molecule has 0 aliphatic carbocycles. The van der Waals surface area contributed by atoms with Gasteiger partial charge in [0.25, 0.3) is 5.91 Å². The summed E-state index contributed by atoms with van der Waals surface area (Å²) in [5.74, 6) is 1.04. The third-order valence-corrected chi connectivity index (χ3v) is 4.12. The molecule has 7 heteroatoms. The van der Waals surface area contributed by atoms with E-state index < -0.39 is 0 Å². The van der Waals surface area contributed by atoms with E-state index in [9.17, 15) is 4.79 Å². The zero-order valence-corrected chi connectivity index (χ0v) is 16.0. The molecular weight excluding hydrogens is 354 g/mol. The first-order chi connectivity index (χ1) is 13.6. The van der Waals surface area contributed by atoms with Gasteiger partial charge in [-0.1, -0.05) is 18.2 Å². The number of methoxy groups -OCH3 is 1. The Morgan fingerprint density at radius 1 is 1.11 bits per heavy atom. The van der Waals surface area contributed by atoms with E-state index in [1.54, 1.807) is 25.6 Å². The maximum Gasteiger partial charge on any atom is 0.270 e. The molecule has 144 valence electrons. The van der Waals surface area contributed by atoms with Crippen LogP contribution < -0.4 is 15.4 Å². The van der Waals surface area contributed by atoms with E-state index in [0.29, 0.717) is 24.7 Å². The molecule has 0 aliphatic heterocycles. The van der Waals surface area contributed by atoms with Crippen molar-refractivity contribution < 1.29 is 9.53 Å². The van der Waals surface area contributed by atoms with Crippen LogP contribution in [-0.2, 0) is 13.0 Å². The summed E-state index contributed by atoms with van der Waals surface area (Å²) in [4.78, 5) is 25.2. The van der Waals surface area contributed by atoms with Crippen molar-refractivity contribution in [1.29, 1.82) is 0 Å². The Morgan fingerprint density at radius 2 is 1.93 bits per heavy atom. The second-order valence-electron chi connectivity index (χ2n) is 6.29. The van der Waals surface area contributed by atoms with Crippen molar-refractivity contribution in [3.05, 3.63) is 77.4 Å². The van der Waals surface area contributed by atoms with Crippen LogP contribution in [0.4, 0.5) is 5.95 Å². The van der Waals surface area contributed by atoms with Crippen LogP contribution in [0, 0.1) is 6.92 Å². The van der Waals surface area contributed by atoms with E-state index in [2.05, 4.69) is 25.6 Å². The van der Waals surface area contributed by atoms with Gasteiger partial charge in [0.05, 0.1) is 7.11 Å². The highest BCUT2D eigenvalue weighted by Crippen LogP contribution is 2.12. The molecule has 0 aliphatic rings. The standard InChI is InChI=1S/C21H23N5O2/c1-15-12-19(20(27)24-14-17-4-3-10-22-13-17)26-21(25-15)23-11-9-16-5-7-18(28-2)8-6-16/h3-8,10,12-13H,9,11,14H2,1-2H3,(H,24,27)(H,23,25,26). The maximum absolute atomic E-state index is 12.4. The molecule has 0 spiro atoms. The number of rotatable bonds is 8. The van der Waals surface area contributed by atoms with Gasteiger partial charge >= 0.3 is 0 Å². The second kappa shape index (κ2) is 9.45. The summed E-state index contributed by atoms with van der Waals surface area (Å²) in [7, 11) is 1.65. The van der Waals surface area contributed by atoms with Gasteiger partial charge in [-0.15, -0.1) is 0 Å². The molecule has 28 heavy (non-hydrogen) atoms. The van der Waals surface area contributed by atoms with Crippen LogP contribution in [0.1, 0.15) is 27.3 Å². The Kier molecular flexibility index (Phi) is 6.51. The van der Waals surface area contributed by atoms with Crippen LogP contribution in [0.3, 0.4) is 0 Å². The number of benzene rings is 1. The molecule has 0 unspecified atom stereocenters. The molecule has 3 rings (SSSR count). The molecular formula is C21H23N5O2. The third-order valence-electron chi connectivity index (χ3n) is 4.12. The van der Waals surface area contributed by atoms with E-state index in [-0.39, 0.29) is 5.91 Å². The molecule has 2 heterocycles. The highest BCUT2D eigenvalue weighted by molar-refractivity contribution is 5.92. The van der Waals surface area contributed by atoms with Crippen LogP contribution in [0.2, 0.25) is 0 Å². The Hall–Kier alpha value is -3.48. The smallest absolute Gasteiger partial charge is 0.270 e. The topological polar surface area (TPSA) is 89.0 Å². The highest BCUT2D eigenvalue weighted by Gasteiger charge is 2.10. The number of nitrogens with zero attached hydrogens (tertiary/aromatic N) is 3. The molecule has 1 amide bonds. The summed E-state index contributed by atoms with van der Waals surface area (Å²) in [5.41, 5.74) is 3.17. The number of aromatic nitrogens is 3. The minimum Gasteiger partial charge on any atom is -0.497 e. The molecule has 2 N–H and O–H groups in total. The van der Waals surface area contributed by atoms with Crippen LogP contribution >= 0.6 is 0 Å². The Labute approximate surface area is 164 Å². The van der Waals surface area contributed by atoms with Gasteiger partial charge in [0, 0.05) is 31.2 Å². The van der Waals surface area contributed by atoms with Crippen molar-refractivity contribution in [3.63, 3.8) is 0 Å². The van der Waals surface area contributed by atoms with Gasteiger partial charge in [-0.25, -0.2) is 9.97 Å².